The topological polar surface area (TPSA) is 112 Å². The van der Waals surface area contributed by atoms with Crippen molar-refractivity contribution in [2.24, 2.45) is 0 Å². The number of benzene rings is 2. The minimum Gasteiger partial charge on any atom is -0.398 e. The molecular formula is C24H28ClN7O. The number of hydrogen-bond donors (Lipinski definition) is 4. The monoisotopic (exact) mass is 465 g/mol. The van der Waals surface area contributed by atoms with Gasteiger partial charge in [-0.3, -0.25) is 0 Å². The molecule has 3 aromatic rings. The maximum atomic E-state index is 12.3. The molecule has 0 fully saturated rings. The van der Waals surface area contributed by atoms with Gasteiger partial charge in [0, 0.05) is 48.4 Å². The van der Waals surface area contributed by atoms with Gasteiger partial charge in [0.15, 0.2) is 5.82 Å². The molecular weight excluding hydrogens is 438 g/mol. The van der Waals surface area contributed by atoms with Crippen molar-refractivity contribution in [3.63, 3.8) is 0 Å². The number of halogens is 1. The van der Waals surface area contributed by atoms with E-state index in [4.69, 9.17) is 27.8 Å². The third-order valence-electron chi connectivity index (χ3n) is 5.67. The minimum atomic E-state index is -0.0225. The molecule has 1 aliphatic rings. The van der Waals surface area contributed by atoms with Crippen LogP contribution in [0.5, 0.6) is 0 Å². The van der Waals surface area contributed by atoms with Gasteiger partial charge in [0.25, 0.3) is 0 Å². The molecule has 0 saturated heterocycles. The second-order valence-corrected chi connectivity index (χ2v) is 8.91. The number of aryl methyl sites for hydroxylation is 1. The molecule has 33 heavy (non-hydrogen) atoms. The van der Waals surface area contributed by atoms with Crippen molar-refractivity contribution in [2.75, 3.05) is 17.6 Å². The Bertz CT molecular complexity index is 1220. The Balaban J connectivity index is 1.55. The Morgan fingerprint density at radius 1 is 1.27 bits per heavy atom. The van der Waals surface area contributed by atoms with Crippen molar-refractivity contribution in [3.8, 4) is 5.69 Å². The molecule has 0 radical (unpaired) electrons. The Morgan fingerprint density at radius 2 is 2.06 bits per heavy atom. The average Bonchev–Trinajstić information content (AvgIpc) is 3.15. The lowest BCUT2D eigenvalue weighted by Crippen LogP contribution is -2.45. The number of rotatable bonds is 5. The second kappa shape index (κ2) is 9.15. The molecule has 172 valence electrons. The first-order chi connectivity index (χ1) is 15.8. The summed E-state index contributed by atoms with van der Waals surface area (Å²) in [7, 11) is 0. The summed E-state index contributed by atoms with van der Waals surface area (Å²) >= 11 is 6.42. The smallest absolute Gasteiger partial charge is 0.317 e. The van der Waals surface area contributed by atoms with Crippen LogP contribution in [0.15, 0.2) is 36.5 Å². The van der Waals surface area contributed by atoms with E-state index in [1.165, 1.54) is 5.56 Å². The van der Waals surface area contributed by atoms with Gasteiger partial charge in [-0.1, -0.05) is 17.7 Å². The highest BCUT2D eigenvalue weighted by Gasteiger charge is 2.22. The standard InChI is InChI=1S/C24H28ClN7O/c1-14(2)28-24(33)31-9-8-16-10-18(5-4-17(16)13-31)32-12-15(3)23(30-32)29-21-7-6-20(27)19(11-26)22(21)25/h4-7,10-12,14,26H,8-9,13,27H2,1-3H3,(H,28,33)(H,29,30). The molecule has 0 unspecified atom stereocenters. The van der Waals surface area contributed by atoms with Gasteiger partial charge in [0.05, 0.1) is 16.4 Å². The molecule has 0 bridgehead atoms. The van der Waals surface area contributed by atoms with Gasteiger partial charge in [0.1, 0.15) is 0 Å². The molecule has 0 spiro atoms. The first-order valence-electron chi connectivity index (χ1n) is 10.9. The van der Waals surface area contributed by atoms with Gasteiger partial charge in [0.2, 0.25) is 0 Å². The lowest BCUT2D eigenvalue weighted by molar-refractivity contribution is 0.190. The number of nitrogens with zero attached hydrogens (tertiary/aromatic N) is 3. The molecule has 2 aromatic carbocycles. The third-order valence-corrected chi connectivity index (χ3v) is 6.08. The predicted octanol–water partition coefficient (Wildman–Crippen LogP) is 4.63. The number of amides is 2. The number of aromatic nitrogens is 2. The van der Waals surface area contributed by atoms with Crippen LogP contribution in [0.3, 0.4) is 0 Å². The molecule has 8 nitrogen and oxygen atoms in total. The van der Waals surface area contributed by atoms with E-state index in [1.807, 2.05) is 42.6 Å². The zero-order valence-corrected chi connectivity index (χ0v) is 19.7. The van der Waals surface area contributed by atoms with E-state index in [9.17, 15) is 4.79 Å². The fourth-order valence-electron chi connectivity index (χ4n) is 3.89. The average molecular weight is 466 g/mol. The number of hydrogen-bond acceptors (Lipinski definition) is 5. The van der Waals surface area contributed by atoms with Crippen LogP contribution >= 0.6 is 11.6 Å². The maximum Gasteiger partial charge on any atom is 0.317 e. The van der Waals surface area contributed by atoms with Crippen molar-refractivity contribution in [2.45, 2.75) is 39.8 Å². The summed E-state index contributed by atoms with van der Waals surface area (Å²) in [5.41, 5.74) is 11.8. The van der Waals surface area contributed by atoms with Crippen molar-refractivity contribution >= 4 is 41.0 Å². The van der Waals surface area contributed by atoms with Gasteiger partial charge in [-0.05, 0) is 62.6 Å². The summed E-state index contributed by atoms with van der Waals surface area (Å²) in [5.74, 6) is 0.673. The Morgan fingerprint density at radius 3 is 2.79 bits per heavy atom. The molecule has 1 aromatic heterocycles. The quantitative estimate of drug-likeness (QED) is 0.325. The number of nitrogen functional groups attached to an aromatic ring is 1. The maximum absolute atomic E-state index is 12.3. The predicted molar refractivity (Wildman–Crippen MR) is 133 cm³/mol. The SMILES string of the molecule is Cc1cn(-c2ccc3c(c2)CCN(C(=O)NC(C)C)C3)nc1Nc1ccc(N)c(C=N)c1Cl. The second-order valence-electron chi connectivity index (χ2n) is 8.53. The van der Waals surface area contributed by atoms with Gasteiger partial charge in [-0.25, -0.2) is 9.48 Å². The minimum absolute atomic E-state index is 0.0225. The van der Waals surface area contributed by atoms with E-state index in [1.54, 1.807) is 12.1 Å². The van der Waals surface area contributed by atoms with E-state index < -0.39 is 0 Å². The molecule has 2 amide bonds. The zero-order chi connectivity index (χ0) is 23.7. The first kappa shape index (κ1) is 22.7. The third kappa shape index (κ3) is 4.66. The normalized spacial score (nSPS) is 13.1. The number of urea groups is 1. The highest BCUT2D eigenvalue weighted by molar-refractivity contribution is 6.36. The highest BCUT2D eigenvalue weighted by Crippen LogP contribution is 2.32. The van der Waals surface area contributed by atoms with Gasteiger partial charge in [-0.15, -0.1) is 5.10 Å². The molecule has 9 heteroatoms. The molecule has 5 N–H and O–H groups in total. The number of nitrogens with one attached hydrogen (secondary N) is 3. The summed E-state index contributed by atoms with van der Waals surface area (Å²) in [6.45, 7) is 7.18. The summed E-state index contributed by atoms with van der Waals surface area (Å²) in [6.07, 6.45) is 3.90. The number of anilines is 3. The van der Waals surface area contributed by atoms with Crippen molar-refractivity contribution < 1.29 is 4.79 Å². The van der Waals surface area contributed by atoms with E-state index in [0.29, 0.717) is 40.9 Å². The summed E-state index contributed by atoms with van der Waals surface area (Å²) in [5, 5.41) is 18.8. The van der Waals surface area contributed by atoms with Crippen LogP contribution in [0.1, 0.15) is 36.1 Å². The van der Waals surface area contributed by atoms with Gasteiger partial charge < -0.3 is 26.7 Å². The van der Waals surface area contributed by atoms with Crippen molar-refractivity contribution in [3.05, 3.63) is 63.8 Å². The van der Waals surface area contributed by atoms with Crippen LogP contribution in [0.4, 0.5) is 22.0 Å². The lowest BCUT2D eigenvalue weighted by atomic mass is 9.99. The van der Waals surface area contributed by atoms with Crippen molar-refractivity contribution in [1.82, 2.24) is 20.0 Å². The molecule has 4 rings (SSSR count). The summed E-state index contributed by atoms with van der Waals surface area (Å²) < 4.78 is 1.83. The summed E-state index contributed by atoms with van der Waals surface area (Å²) in [6, 6.07) is 9.81. The lowest BCUT2D eigenvalue weighted by Gasteiger charge is -2.30. The zero-order valence-electron chi connectivity index (χ0n) is 18.9. The van der Waals surface area contributed by atoms with E-state index in [0.717, 1.165) is 29.4 Å². The van der Waals surface area contributed by atoms with Crippen LogP contribution in [0.25, 0.3) is 5.69 Å². The summed E-state index contributed by atoms with van der Waals surface area (Å²) in [4.78, 5) is 14.2. The largest absolute Gasteiger partial charge is 0.398 e. The highest BCUT2D eigenvalue weighted by atomic mass is 35.5. The fraction of sp³-hybridized carbons (Fsp3) is 0.292. The van der Waals surface area contributed by atoms with E-state index in [-0.39, 0.29) is 12.1 Å². The van der Waals surface area contributed by atoms with Gasteiger partial charge >= 0.3 is 6.03 Å². The van der Waals surface area contributed by atoms with E-state index in [2.05, 4.69) is 22.8 Å². The van der Waals surface area contributed by atoms with Crippen molar-refractivity contribution in [1.29, 1.82) is 5.41 Å². The number of nitrogens with two attached hydrogens (primary N) is 1. The molecule has 0 atom stereocenters. The molecule has 1 aliphatic heterocycles. The van der Waals surface area contributed by atoms with Gasteiger partial charge in [-0.2, -0.15) is 0 Å². The fourth-order valence-corrected chi connectivity index (χ4v) is 4.16. The Hall–Kier alpha value is -3.52. The number of carbonyl (C=O) groups excluding carboxylic acids is 1. The van der Waals surface area contributed by atoms with Crippen LogP contribution in [0.2, 0.25) is 5.02 Å². The Kier molecular flexibility index (Phi) is 6.29. The number of carbonyl (C=O) groups is 1. The first-order valence-corrected chi connectivity index (χ1v) is 11.2. The number of fused-ring (bicyclic) bond motifs is 1. The van der Waals surface area contributed by atoms with Crippen LogP contribution in [0, 0.1) is 12.3 Å². The van der Waals surface area contributed by atoms with Crippen LogP contribution in [-0.2, 0) is 13.0 Å². The molecule has 0 aliphatic carbocycles. The van der Waals surface area contributed by atoms with Crippen LogP contribution in [-0.4, -0.2) is 39.5 Å². The van der Waals surface area contributed by atoms with E-state index >= 15 is 0 Å². The molecule has 2 heterocycles. The molecule has 0 saturated carbocycles. The van der Waals surface area contributed by atoms with Crippen LogP contribution < -0.4 is 16.4 Å². The Labute approximate surface area is 198 Å².